The van der Waals surface area contributed by atoms with E-state index < -0.39 is 0 Å². The summed E-state index contributed by atoms with van der Waals surface area (Å²) in [6.45, 7) is 2.78. The first-order valence-corrected chi connectivity index (χ1v) is 8.27. The first-order valence-electron chi connectivity index (χ1n) is 8.27. The summed E-state index contributed by atoms with van der Waals surface area (Å²) in [5.74, 6) is 5.53. The summed E-state index contributed by atoms with van der Waals surface area (Å²) in [5, 5.41) is 0. The van der Waals surface area contributed by atoms with Gasteiger partial charge in [0.1, 0.15) is 5.82 Å². The standard InChI is InChI=1S/C17H25N3/c1-10-9-19-17(20-15(10)2-3-18)16-13-5-11-4-12(7-13)8-14(16)6-11/h9,11-14,16H,2-8,18H2,1H3. The third-order valence-corrected chi connectivity index (χ3v) is 6.00. The molecule has 0 amide bonds. The van der Waals surface area contributed by atoms with Gasteiger partial charge in [0, 0.05) is 24.2 Å². The van der Waals surface area contributed by atoms with Gasteiger partial charge in [0.25, 0.3) is 0 Å². The van der Waals surface area contributed by atoms with Gasteiger partial charge in [-0.3, -0.25) is 0 Å². The fourth-order valence-corrected chi connectivity index (χ4v) is 5.39. The Labute approximate surface area is 121 Å². The van der Waals surface area contributed by atoms with Crippen LogP contribution in [0.4, 0.5) is 0 Å². The molecule has 5 rings (SSSR count). The largest absolute Gasteiger partial charge is 0.330 e. The van der Waals surface area contributed by atoms with Gasteiger partial charge in [0.05, 0.1) is 0 Å². The lowest BCUT2D eigenvalue weighted by molar-refractivity contribution is -0.00573. The lowest BCUT2D eigenvalue weighted by Crippen LogP contribution is -2.44. The maximum absolute atomic E-state index is 5.71. The molecule has 0 aromatic carbocycles. The molecule has 0 atom stereocenters. The highest BCUT2D eigenvalue weighted by atomic mass is 14.9. The van der Waals surface area contributed by atoms with Crippen LogP contribution in [0.5, 0.6) is 0 Å². The van der Waals surface area contributed by atoms with E-state index in [1.807, 2.05) is 6.20 Å². The van der Waals surface area contributed by atoms with Gasteiger partial charge in [-0.05, 0) is 74.8 Å². The molecule has 3 nitrogen and oxygen atoms in total. The lowest BCUT2D eigenvalue weighted by Gasteiger charge is -2.53. The number of aryl methyl sites for hydroxylation is 1. The van der Waals surface area contributed by atoms with Crippen LogP contribution in [0, 0.1) is 30.6 Å². The molecular formula is C17H25N3. The second kappa shape index (κ2) is 4.80. The molecule has 4 aliphatic rings. The van der Waals surface area contributed by atoms with E-state index in [9.17, 15) is 0 Å². The first kappa shape index (κ1) is 12.8. The molecule has 1 heterocycles. The van der Waals surface area contributed by atoms with Crippen molar-refractivity contribution in [2.24, 2.45) is 29.4 Å². The minimum absolute atomic E-state index is 0.639. The van der Waals surface area contributed by atoms with E-state index in [0.29, 0.717) is 12.5 Å². The summed E-state index contributed by atoms with van der Waals surface area (Å²) in [6.07, 6.45) is 10.1. The van der Waals surface area contributed by atoms with E-state index in [2.05, 4.69) is 6.92 Å². The zero-order valence-corrected chi connectivity index (χ0v) is 12.4. The van der Waals surface area contributed by atoms with Crippen molar-refractivity contribution in [2.45, 2.75) is 51.4 Å². The van der Waals surface area contributed by atoms with Crippen molar-refractivity contribution in [1.29, 1.82) is 0 Å². The summed E-state index contributed by atoms with van der Waals surface area (Å²) in [4.78, 5) is 9.63. The monoisotopic (exact) mass is 271 g/mol. The molecule has 20 heavy (non-hydrogen) atoms. The zero-order chi connectivity index (χ0) is 13.7. The third-order valence-electron chi connectivity index (χ3n) is 6.00. The van der Waals surface area contributed by atoms with Crippen LogP contribution in [0.2, 0.25) is 0 Å². The second-order valence-electron chi connectivity index (χ2n) is 7.35. The van der Waals surface area contributed by atoms with Crippen LogP contribution in [-0.2, 0) is 6.42 Å². The summed E-state index contributed by atoms with van der Waals surface area (Å²) < 4.78 is 0. The minimum Gasteiger partial charge on any atom is -0.330 e. The third kappa shape index (κ3) is 1.98. The Hall–Kier alpha value is -0.960. The smallest absolute Gasteiger partial charge is 0.132 e. The predicted molar refractivity (Wildman–Crippen MR) is 79.3 cm³/mol. The van der Waals surface area contributed by atoms with E-state index in [1.54, 1.807) is 0 Å². The van der Waals surface area contributed by atoms with E-state index in [-0.39, 0.29) is 0 Å². The average Bonchev–Trinajstić information content (AvgIpc) is 2.41. The van der Waals surface area contributed by atoms with E-state index in [0.717, 1.165) is 35.9 Å². The number of nitrogens with two attached hydrogens (primary N) is 1. The summed E-state index contributed by atoms with van der Waals surface area (Å²) >= 11 is 0. The van der Waals surface area contributed by atoms with Crippen molar-refractivity contribution in [3.05, 3.63) is 23.3 Å². The Morgan fingerprint density at radius 2 is 1.75 bits per heavy atom. The Bertz CT molecular complexity index is 483. The van der Waals surface area contributed by atoms with Gasteiger partial charge in [-0.15, -0.1) is 0 Å². The zero-order valence-electron chi connectivity index (χ0n) is 12.4. The molecule has 0 saturated heterocycles. The molecule has 1 aromatic rings. The minimum atomic E-state index is 0.639. The number of hydrogen-bond donors (Lipinski definition) is 1. The van der Waals surface area contributed by atoms with Crippen molar-refractivity contribution in [3.8, 4) is 0 Å². The maximum Gasteiger partial charge on any atom is 0.132 e. The van der Waals surface area contributed by atoms with Crippen LogP contribution in [-0.4, -0.2) is 16.5 Å². The van der Waals surface area contributed by atoms with Gasteiger partial charge < -0.3 is 5.73 Å². The summed E-state index contributed by atoms with van der Waals surface area (Å²) in [6, 6.07) is 0. The predicted octanol–water partition coefficient (Wildman–Crippen LogP) is 2.83. The molecule has 4 fully saturated rings. The van der Waals surface area contributed by atoms with Gasteiger partial charge in [-0.25, -0.2) is 9.97 Å². The van der Waals surface area contributed by atoms with Gasteiger partial charge in [-0.2, -0.15) is 0 Å². The summed E-state index contributed by atoms with van der Waals surface area (Å²) in [5.41, 5.74) is 8.08. The fraction of sp³-hybridized carbons (Fsp3) is 0.765. The van der Waals surface area contributed by atoms with Crippen LogP contribution >= 0.6 is 0 Å². The average molecular weight is 271 g/mol. The van der Waals surface area contributed by atoms with Crippen molar-refractivity contribution >= 4 is 0 Å². The van der Waals surface area contributed by atoms with Crippen molar-refractivity contribution in [3.63, 3.8) is 0 Å². The summed E-state index contributed by atoms with van der Waals surface area (Å²) in [7, 11) is 0. The van der Waals surface area contributed by atoms with Crippen LogP contribution in [0.15, 0.2) is 6.20 Å². The first-order chi connectivity index (χ1) is 9.74. The Morgan fingerprint density at radius 3 is 2.35 bits per heavy atom. The number of nitrogens with zero attached hydrogens (tertiary/aromatic N) is 2. The molecule has 3 heteroatoms. The molecule has 4 saturated carbocycles. The molecule has 1 aromatic heterocycles. The number of rotatable bonds is 3. The Kier molecular flexibility index (Phi) is 3.06. The molecule has 4 bridgehead atoms. The fourth-order valence-electron chi connectivity index (χ4n) is 5.39. The lowest BCUT2D eigenvalue weighted by atomic mass is 9.51. The van der Waals surface area contributed by atoms with Gasteiger partial charge >= 0.3 is 0 Å². The SMILES string of the molecule is Cc1cnc(C2C3CC4CC(C3)CC2C4)nc1CCN. The van der Waals surface area contributed by atoms with E-state index in [1.165, 1.54) is 43.4 Å². The topological polar surface area (TPSA) is 51.8 Å². The quantitative estimate of drug-likeness (QED) is 0.919. The van der Waals surface area contributed by atoms with Crippen LogP contribution < -0.4 is 5.73 Å². The Balaban J connectivity index is 1.65. The van der Waals surface area contributed by atoms with Gasteiger partial charge in [0.2, 0.25) is 0 Å². The van der Waals surface area contributed by atoms with Crippen molar-refractivity contribution in [1.82, 2.24) is 9.97 Å². The van der Waals surface area contributed by atoms with E-state index in [4.69, 9.17) is 15.7 Å². The highest BCUT2D eigenvalue weighted by molar-refractivity contribution is 5.19. The normalized spacial score (nSPS) is 38.4. The molecule has 0 aliphatic heterocycles. The molecule has 0 unspecified atom stereocenters. The number of hydrogen-bond acceptors (Lipinski definition) is 3. The molecular weight excluding hydrogens is 246 g/mol. The van der Waals surface area contributed by atoms with Crippen molar-refractivity contribution in [2.75, 3.05) is 6.54 Å². The number of aromatic nitrogens is 2. The highest BCUT2D eigenvalue weighted by Gasteiger charge is 2.49. The van der Waals surface area contributed by atoms with Gasteiger partial charge in [0.15, 0.2) is 0 Å². The highest BCUT2D eigenvalue weighted by Crippen LogP contribution is 2.59. The molecule has 0 radical (unpaired) electrons. The van der Waals surface area contributed by atoms with Crippen molar-refractivity contribution < 1.29 is 0 Å². The molecule has 0 spiro atoms. The second-order valence-corrected chi connectivity index (χ2v) is 7.35. The molecule has 108 valence electrons. The Morgan fingerprint density at radius 1 is 1.10 bits per heavy atom. The van der Waals surface area contributed by atoms with Gasteiger partial charge in [-0.1, -0.05) is 0 Å². The van der Waals surface area contributed by atoms with Crippen LogP contribution in [0.3, 0.4) is 0 Å². The molecule has 2 N–H and O–H groups in total. The maximum atomic E-state index is 5.71. The van der Waals surface area contributed by atoms with E-state index >= 15 is 0 Å². The van der Waals surface area contributed by atoms with Crippen LogP contribution in [0.1, 0.15) is 55.1 Å². The van der Waals surface area contributed by atoms with Crippen LogP contribution in [0.25, 0.3) is 0 Å². The molecule has 4 aliphatic carbocycles.